The summed E-state index contributed by atoms with van der Waals surface area (Å²) in [6, 6.07) is 2.01. The van der Waals surface area contributed by atoms with Gasteiger partial charge in [-0.2, -0.15) is 5.10 Å². The molecule has 1 saturated heterocycles. The maximum Gasteiger partial charge on any atom is 0.323 e. The number of β-amino-alcohol motifs (C(OH)–C–C–N with tert-alkyl or cyclic N) is 1. The van der Waals surface area contributed by atoms with E-state index in [4.69, 9.17) is 5.11 Å². The zero-order chi connectivity index (χ0) is 15.2. The lowest BCUT2D eigenvalue weighted by Gasteiger charge is -2.34. The van der Waals surface area contributed by atoms with Crippen molar-refractivity contribution in [1.82, 2.24) is 19.6 Å². The van der Waals surface area contributed by atoms with E-state index in [9.17, 15) is 4.79 Å². The van der Waals surface area contributed by atoms with Gasteiger partial charge in [0.15, 0.2) is 0 Å². The molecule has 2 heterocycles. The summed E-state index contributed by atoms with van der Waals surface area (Å²) in [6.07, 6.45) is 2.67. The van der Waals surface area contributed by atoms with E-state index >= 15 is 0 Å². The topological polar surface area (TPSA) is 73.6 Å². The molecule has 0 aromatic carbocycles. The van der Waals surface area contributed by atoms with Crippen LogP contribution in [0.3, 0.4) is 0 Å². The number of nitrogens with one attached hydrogen (secondary N) is 1. The number of hydrogen-bond donors (Lipinski definition) is 2. The van der Waals surface area contributed by atoms with Gasteiger partial charge in [0, 0.05) is 38.8 Å². The van der Waals surface area contributed by atoms with Crippen molar-refractivity contribution < 1.29 is 9.90 Å². The summed E-state index contributed by atoms with van der Waals surface area (Å²) >= 11 is 0. The van der Waals surface area contributed by atoms with E-state index in [1.165, 1.54) is 0 Å². The number of rotatable bonds is 5. The van der Waals surface area contributed by atoms with Crippen LogP contribution in [0.5, 0.6) is 0 Å². The summed E-state index contributed by atoms with van der Waals surface area (Å²) in [4.78, 5) is 16.3. The van der Waals surface area contributed by atoms with Crippen LogP contribution in [0.25, 0.3) is 0 Å². The molecule has 0 radical (unpaired) electrons. The summed E-state index contributed by atoms with van der Waals surface area (Å²) in [5, 5.41) is 16.1. The Labute approximate surface area is 125 Å². The Kier molecular flexibility index (Phi) is 5.58. The third kappa shape index (κ3) is 3.95. The third-order valence-electron chi connectivity index (χ3n) is 3.99. The maximum absolute atomic E-state index is 12.3. The first-order chi connectivity index (χ1) is 10.2. The van der Waals surface area contributed by atoms with Gasteiger partial charge in [0.1, 0.15) is 5.82 Å². The van der Waals surface area contributed by atoms with E-state index in [0.29, 0.717) is 19.6 Å². The number of anilines is 1. The van der Waals surface area contributed by atoms with Gasteiger partial charge < -0.3 is 10.0 Å². The van der Waals surface area contributed by atoms with Gasteiger partial charge in [0.05, 0.1) is 18.8 Å². The van der Waals surface area contributed by atoms with Crippen molar-refractivity contribution in [3.63, 3.8) is 0 Å². The number of urea groups is 1. The Morgan fingerprint density at radius 2 is 2.14 bits per heavy atom. The lowest BCUT2D eigenvalue weighted by Crippen LogP contribution is -2.50. The molecule has 0 saturated carbocycles. The molecule has 21 heavy (non-hydrogen) atoms. The molecule has 1 atom stereocenters. The number of amides is 2. The monoisotopic (exact) mass is 295 g/mol. The average Bonchev–Trinajstić information content (AvgIpc) is 2.95. The number of aliphatic hydroxyl groups excluding tert-OH is 1. The highest BCUT2D eigenvalue weighted by Gasteiger charge is 2.21. The number of nitrogens with zero attached hydrogens (tertiary/aromatic N) is 4. The zero-order valence-electron chi connectivity index (χ0n) is 12.8. The van der Waals surface area contributed by atoms with Crippen LogP contribution >= 0.6 is 0 Å². The second-order valence-electron chi connectivity index (χ2n) is 5.40. The number of piperazine rings is 1. The second kappa shape index (κ2) is 7.42. The highest BCUT2D eigenvalue weighted by atomic mass is 16.3. The first kappa shape index (κ1) is 15.8. The number of aromatic nitrogens is 2. The fourth-order valence-corrected chi connectivity index (χ4v) is 2.44. The van der Waals surface area contributed by atoms with Gasteiger partial charge in [-0.05, 0) is 13.3 Å². The normalized spacial score (nSPS) is 17.8. The van der Waals surface area contributed by atoms with Gasteiger partial charge in [-0.1, -0.05) is 6.92 Å². The minimum Gasteiger partial charge on any atom is -0.395 e. The van der Waals surface area contributed by atoms with Crippen molar-refractivity contribution in [1.29, 1.82) is 0 Å². The first-order valence-corrected chi connectivity index (χ1v) is 7.58. The first-order valence-electron chi connectivity index (χ1n) is 7.58. The SMILES string of the molecule is CCC(C)n1nccc1NC(=O)N1CCN(CCO)CC1. The largest absolute Gasteiger partial charge is 0.395 e. The summed E-state index contributed by atoms with van der Waals surface area (Å²) in [6.45, 7) is 8.00. The van der Waals surface area contributed by atoms with Gasteiger partial charge in [-0.15, -0.1) is 0 Å². The molecular weight excluding hydrogens is 270 g/mol. The Bertz CT molecular complexity index is 454. The molecule has 118 valence electrons. The van der Waals surface area contributed by atoms with Crippen LogP contribution in [-0.2, 0) is 0 Å². The van der Waals surface area contributed by atoms with Crippen molar-refractivity contribution in [2.75, 3.05) is 44.6 Å². The van der Waals surface area contributed by atoms with Gasteiger partial charge in [-0.3, -0.25) is 10.2 Å². The van der Waals surface area contributed by atoms with Crippen molar-refractivity contribution >= 4 is 11.8 Å². The molecule has 1 aliphatic rings. The highest BCUT2D eigenvalue weighted by Crippen LogP contribution is 2.17. The molecule has 0 aliphatic carbocycles. The Morgan fingerprint density at radius 1 is 1.43 bits per heavy atom. The van der Waals surface area contributed by atoms with Gasteiger partial charge >= 0.3 is 6.03 Å². The smallest absolute Gasteiger partial charge is 0.323 e. The summed E-state index contributed by atoms with van der Waals surface area (Å²) < 4.78 is 1.85. The van der Waals surface area contributed by atoms with Crippen LogP contribution in [0.15, 0.2) is 12.3 Å². The minimum atomic E-state index is -0.0799. The van der Waals surface area contributed by atoms with Crippen molar-refractivity contribution in [3.05, 3.63) is 12.3 Å². The van der Waals surface area contributed by atoms with Gasteiger partial charge in [0.2, 0.25) is 0 Å². The van der Waals surface area contributed by atoms with Crippen LogP contribution in [0, 0.1) is 0 Å². The fourth-order valence-electron chi connectivity index (χ4n) is 2.44. The van der Waals surface area contributed by atoms with Crippen molar-refractivity contribution in [3.8, 4) is 0 Å². The molecule has 0 bridgehead atoms. The number of aliphatic hydroxyl groups is 1. The quantitative estimate of drug-likeness (QED) is 0.850. The van der Waals surface area contributed by atoms with Crippen LogP contribution < -0.4 is 5.32 Å². The minimum absolute atomic E-state index is 0.0799. The highest BCUT2D eigenvalue weighted by molar-refractivity contribution is 5.88. The molecule has 1 aromatic heterocycles. The molecular formula is C14H25N5O2. The molecule has 1 aliphatic heterocycles. The molecule has 1 unspecified atom stereocenters. The molecule has 2 N–H and O–H groups in total. The molecule has 1 aromatic rings. The lowest BCUT2D eigenvalue weighted by atomic mass is 10.3. The molecule has 1 fully saturated rings. The van der Waals surface area contributed by atoms with Crippen LogP contribution in [-0.4, -0.2) is 70.0 Å². The molecule has 7 heteroatoms. The van der Waals surface area contributed by atoms with Gasteiger partial charge in [-0.25, -0.2) is 9.48 Å². The van der Waals surface area contributed by atoms with E-state index in [2.05, 4.69) is 29.2 Å². The summed E-state index contributed by atoms with van der Waals surface area (Å²) in [5.74, 6) is 0.743. The maximum atomic E-state index is 12.3. The van der Waals surface area contributed by atoms with Gasteiger partial charge in [0.25, 0.3) is 0 Å². The van der Waals surface area contributed by atoms with Crippen LogP contribution in [0.2, 0.25) is 0 Å². The number of carbonyl (C=O) groups excluding carboxylic acids is 1. The third-order valence-corrected chi connectivity index (χ3v) is 3.99. The van der Waals surface area contributed by atoms with Crippen LogP contribution in [0.4, 0.5) is 10.6 Å². The van der Waals surface area contributed by atoms with E-state index < -0.39 is 0 Å². The van der Waals surface area contributed by atoms with Crippen molar-refractivity contribution in [2.24, 2.45) is 0 Å². The summed E-state index contributed by atoms with van der Waals surface area (Å²) in [5.41, 5.74) is 0. The predicted molar refractivity (Wildman–Crippen MR) is 81.3 cm³/mol. The Hall–Kier alpha value is -1.60. The zero-order valence-corrected chi connectivity index (χ0v) is 12.8. The fraction of sp³-hybridized carbons (Fsp3) is 0.714. The van der Waals surface area contributed by atoms with E-state index in [1.54, 1.807) is 6.20 Å². The van der Waals surface area contributed by atoms with Crippen LogP contribution in [0.1, 0.15) is 26.3 Å². The van der Waals surface area contributed by atoms with E-state index in [0.717, 1.165) is 25.3 Å². The average molecular weight is 295 g/mol. The molecule has 2 amide bonds. The summed E-state index contributed by atoms with van der Waals surface area (Å²) in [7, 11) is 0. The van der Waals surface area contributed by atoms with Crippen molar-refractivity contribution in [2.45, 2.75) is 26.3 Å². The molecule has 0 spiro atoms. The molecule has 2 rings (SSSR count). The lowest BCUT2D eigenvalue weighted by molar-refractivity contribution is 0.127. The molecule has 7 nitrogen and oxygen atoms in total. The number of carbonyl (C=O) groups is 1. The second-order valence-corrected chi connectivity index (χ2v) is 5.40. The predicted octanol–water partition coefficient (Wildman–Crippen LogP) is 0.996. The standard InChI is InChI=1S/C14H25N5O2/c1-3-12(2)19-13(4-5-15-19)16-14(21)18-8-6-17(7-9-18)10-11-20/h4-5,12,20H,3,6-11H2,1-2H3,(H,16,21). The van der Waals surface area contributed by atoms with E-state index in [1.807, 2.05) is 15.6 Å². The Balaban J connectivity index is 1.89. The Morgan fingerprint density at radius 3 is 2.76 bits per heavy atom. The number of hydrogen-bond acceptors (Lipinski definition) is 4. The van der Waals surface area contributed by atoms with E-state index in [-0.39, 0.29) is 18.7 Å².